The topological polar surface area (TPSA) is 43.8 Å². The Morgan fingerprint density at radius 1 is 1.37 bits per heavy atom. The number of nitrogens with two attached hydrogens (primary N) is 1. The van der Waals surface area contributed by atoms with Crippen LogP contribution in [-0.2, 0) is 13.0 Å². The molecule has 1 heterocycles. The zero-order valence-electron chi connectivity index (χ0n) is 11.1. The van der Waals surface area contributed by atoms with E-state index in [0.29, 0.717) is 5.02 Å². The van der Waals surface area contributed by atoms with E-state index < -0.39 is 0 Å². The molecule has 2 N–H and O–H groups in total. The maximum absolute atomic E-state index is 6.23. The number of benzene rings is 1. The van der Waals surface area contributed by atoms with E-state index in [0.717, 1.165) is 46.8 Å². The van der Waals surface area contributed by atoms with Crippen molar-refractivity contribution in [3.8, 4) is 11.3 Å². The first-order valence-electron chi connectivity index (χ1n) is 6.38. The van der Waals surface area contributed by atoms with Crippen LogP contribution in [0.4, 0.5) is 5.82 Å². The van der Waals surface area contributed by atoms with E-state index in [1.165, 1.54) is 0 Å². The molecular weight excluding hydrogens is 326 g/mol. The van der Waals surface area contributed by atoms with Crippen molar-refractivity contribution in [2.24, 2.45) is 0 Å². The second-order valence-electron chi connectivity index (χ2n) is 4.40. The zero-order chi connectivity index (χ0) is 14.0. The lowest BCUT2D eigenvalue weighted by atomic mass is 10.1. The van der Waals surface area contributed by atoms with Gasteiger partial charge in [-0.3, -0.25) is 0 Å². The predicted molar refractivity (Wildman–Crippen MR) is 84.5 cm³/mol. The van der Waals surface area contributed by atoms with Gasteiger partial charge in [0.25, 0.3) is 0 Å². The number of rotatable bonds is 4. The Hall–Kier alpha value is -1.00. The van der Waals surface area contributed by atoms with E-state index in [1.807, 2.05) is 18.2 Å². The maximum Gasteiger partial charge on any atom is 0.131 e. The van der Waals surface area contributed by atoms with Crippen molar-refractivity contribution in [1.29, 1.82) is 0 Å². The molecule has 1 aromatic carbocycles. The van der Waals surface area contributed by atoms with Gasteiger partial charge >= 0.3 is 0 Å². The Kier molecular flexibility index (Phi) is 4.53. The second-order valence-corrected chi connectivity index (χ2v) is 5.66. The van der Waals surface area contributed by atoms with Gasteiger partial charge in [-0.15, -0.1) is 0 Å². The minimum absolute atomic E-state index is 0.667. The van der Waals surface area contributed by atoms with Gasteiger partial charge in [0.1, 0.15) is 17.3 Å². The molecule has 0 atom stereocenters. The summed E-state index contributed by atoms with van der Waals surface area (Å²) in [6.45, 7) is 5.12. The first kappa shape index (κ1) is 14.4. The Morgan fingerprint density at radius 2 is 2.11 bits per heavy atom. The first-order chi connectivity index (χ1) is 9.08. The minimum atomic E-state index is 0.667. The third kappa shape index (κ3) is 2.79. The number of hydrogen-bond donors (Lipinski definition) is 1. The number of imidazole rings is 1. The third-order valence-corrected chi connectivity index (χ3v) is 4.27. The monoisotopic (exact) mass is 341 g/mol. The fourth-order valence-corrected chi connectivity index (χ4v) is 2.54. The highest BCUT2D eigenvalue weighted by atomic mass is 79.9. The van der Waals surface area contributed by atoms with Crippen molar-refractivity contribution in [2.45, 2.75) is 33.2 Å². The summed E-state index contributed by atoms with van der Waals surface area (Å²) < 4.78 is 2.96. The van der Waals surface area contributed by atoms with Crippen molar-refractivity contribution < 1.29 is 0 Å². The summed E-state index contributed by atoms with van der Waals surface area (Å²) in [5, 5.41) is 0.667. The molecule has 0 bridgehead atoms. The molecule has 1 aromatic heterocycles. The van der Waals surface area contributed by atoms with Crippen molar-refractivity contribution in [3.63, 3.8) is 0 Å². The molecule has 0 spiro atoms. The number of nitrogens with zero attached hydrogens (tertiary/aromatic N) is 2. The van der Waals surface area contributed by atoms with E-state index in [2.05, 4.69) is 39.3 Å². The summed E-state index contributed by atoms with van der Waals surface area (Å²) >= 11 is 9.53. The van der Waals surface area contributed by atoms with Gasteiger partial charge in [-0.1, -0.05) is 31.5 Å². The minimum Gasteiger partial charge on any atom is -0.383 e. The molecule has 0 unspecified atom stereocenters. The van der Waals surface area contributed by atoms with Gasteiger partial charge in [-0.25, -0.2) is 4.98 Å². The Labute approximate surface area is 126 Å². The lowest BCUT2D eigenvalue weighted by molar-refractivity contribution is 0.650. The summed E-state index contributed by atoms with van der Waals surface area (Å²) in [7, 11) is 0. The van der Waals surface area contributed by atoms with Crippen molar-refractivity contribution in [1.82, 2.24) is 9.55 Å². The van der Waals surface area contributed by atoms with Crippen LogP contribution >= 0.6 is 27.5 Å². The fraction of sp³-hybridized carbons (Fsp3) is 0.357. The normalized spacial score (nSPS) is 10.9. The molecule has 0 fully saturated rings. The smallest absolute Gasteiger partial charge is 0.131 e. The first-order valence-corrected chi connectivity index (χ1v) is 7.55. The van der Waals surface area contributed by atoms with Crippen LogP contribution in [0, 0.1) is 0 Å². The molecule has 2 aromatic rings. The molecule has 19 heavy (non-hydrogen) atoms. The SMILES string of the molecule is CCCn1c(CC)nc(-c2ccc(Br)c(Cl)c2)c1N. The third-order valence-electron chi connectivity index (χ3n) is 3.04. The van der Waals surface area contributed by atoms with Crippen LogP contribution in [0.3, 0.4) is 0 Å². The van der Waals surface area contributed by atoms with Gasteiger partial charge in [0.15, 0.2) is 0 Å². The summed E-state index contributed by atoms with van der Waals surface area (Å²) in [5.74, 6) is 1.74. The van der Waals surface area contributed by atoms with Crippen LogP contribution in [0.25, 0.3) is 11.3 Å². The van der Waals surface area contributed by atoms with Crippen LogP contribution in [0.15, 0.2) is 22.7 Å². The molecule has 0 saturated carbocycles. The zero-order valence-corrected chi connectivity index (χ0v) is 13.4. The molecule has 3 nitrogen and oxygen atoms in total. The summed E-state index contributed by atoms with van der Waals surface area (Å²) in [5.41, 5.74) is 8.00. The Bertz CT molecular complexity index is 593. The number of hydrogen-bond acceptors (Lipinski definition) is 2. The molecule has 5 heteroatoms. The van der Waals surface area contributed by atoms with E-state index >= 15 is 0 Å². The number of aryl methyl sites for hydroxylation is 1. The van der Waals surface area contributed by atoms with Crippen LogP contribution in [-0.4, -0.2) is 9.55 Å². The van der Waals surface area contributed by atoms with Crippen LogP contribution in [0.5, 0.6) is 0 Å². The molecule has 0 amide bonds. The standard InChI is InChI=1S/C14H17BrClN3/c1-3-7-19-12(4-2)18-13(14(19)17)9-5-6-10(15)11(16)8-9/h5-6,8H,3-4,7,17H2,1-2H3. The largest absolute Gasteiger partial charge is 0.383 e. The van der Waals surface area contributed by atoms with Gasteiger partial charge < -0.3 is 10.3 Å². The number of halogens is 2. The van der Waals surface area contributed by atoms with Crippen LogP contribution < -0.4 is 5.73 Å². The Balaban J connectivity index is 2.52. The highest BCUT2D eigenvalue weighted by molar-refractivity contribution is 9.10. The molecule has 102 valence electrons. The Morgan fingerprint density at radius 3 is 2.68 bits per heavy atom. The van der Waals surface area contributed by atoms with E-state index in [9.17, 15) is 0 Å². The molecule has 0 aliphatic heterocycles. The van der Waals surface area contributed by atoms with Crippen LogP contribution in [0.2, 0.25) is 5.02 Å². The molecule has 0 aliphatic carbocycles. The molecule has 0 aliphatic rings. The average Bonchev–Trinajstić information content (AvgIpc) is 2.71. The van der Waals surface area contributed by atoms with Crippen LogP contribution in [0.1, 0.15) is 26.1 Å². The molecule has 0 radical (unpaired) electrons. The van der Waals surface area contributed by atoms with Crippen molar-refractivity contribution >= 4 is 33.3 Å². The van der Waals surface area contributed by atoms with Gasteiger partial charge in [0.05, 0.1) is 5.02 Å². The quantitative estimate of drug-likeness (QED) is 0.887. The molecule has 2 rings (SSSR count). The van der Waals surface area contributed by atoms with E-state index in [-0.39, 0.29) is 0 Å². The van der Waals surface area contributed by atoms with E-state index in [4.69, 9.17) is 17.3 Å². The number of anilines is 1. The lowest BCUT2D eigenvalue weighted by Crippen LogP contribution is -2.06. The second kappa shape index (κ2) is 5.97. The lowest BCUT2D eigenvalue weighted by Gasteiger charge is -2.07. The summed E-state index contributed by atoms with van der Waals surface area (Å²) in [6.07, 6.45) is 1.91. The maximum atomic E-state index is 6.23. The molecular formula is C14H17BrClN3. The summed E-state index contributed by atoms with van der Waals surface area (Å²) in [4.78, 5) is 4.65. The van der Waals surface area contributed by atoms with Gasteiger partial charge in [-0.05, 0) is 34.5 Å². The highest BCUT2D eigenvalue weighted by Crippen LogP contribution is 2.32. The average molecular weight is 343 g/mol. The van der Waals surface area contributed by atoms with E-state index in [1.54, 1.807) is 0 Å². The van der Waals surface area contributed by atoms with Gasteiger partial charge in [-0.2, -0.15) is 0 Å². The fourth-order valence-electron chi connectivity index (χ4n) is 2.11. The van der Waals surface area contributed by atoms with Crippen molar-refractivity contribution in [3.05, 3.63) is 33.5 Å². The van der Waals surface area contributed by atoms with Gasteiger partial charge in [0, 0.05) is 23.0 Å². The number of aromatic nitrogens is 2. The number of nitrogen functional groups attached to an aromatic ring is 1. The van der Waals surface area contributed by atoms with Gasteiger partial charge in [0.2, 0.25) is 0 Å². The summed E-state index contributed by atoms with van der Waals surface area (Å²) in [6, 6.07) is 5.78. The van der Waals surface area contributed by atoms with Crippen molar-refractivity contribution in [2.75, 3.05) is 5.73 Å². The predicted octanol–water partition coefficient (Wildman–Crippen LogP) is 4.52. The highest BCUT2D eigenvalue weighted by Gasteiger charge is 2.15. The molecule has 0 saturated heterocycles.